The standard InChI is InChI=1S/C11H10Cl2N2OS/c12-8-1-2-10(7(3-8)6-16)14-4-9-5-15-11(13)17-9/h1-3,5,14,16H,4,6H2. The van der Waals surface area contributed by atoms with Crippen molar-refractivity contribution in [2.45, 2.75) is 13.2 Å². The Kier molecular flexibility index (Phi) is 4.23. The summed E-state index contributed by atoms with van der Waals surface area (Å²) in [7, 11) is 0. The molecule has 0 aliphatic heterocycles. The lowest BCUT2D eigenvalue weighted by atomic mass is 10.2. The highest BCUT2D eigenvalue weighted by Crippen LogP contribution is 2.23. The van der Waals surface area contributed by atoms with Crippen LogP contribution in [0.2, 0.25) is 9.49 Å². The Morgan fingerprint density at radius 1 is 1.35 bits per heavy atom. The lowest BCUT2D eigenvalue weighted by molar-refractivity contribution is 0.282. The van der Waals surface area contributed by atoms with Crippen molar-refractivity contribution >= 4 is 40.2 Å². The summed E-state index contributed by atoms with van der Waals surface area (Å²) in [5.74, 6) is 0. The van der Waals surface area contributed by atoms with Gasteiger partial charge in [-0.05, 0) is 18.2 Å². The smallest absolute Gasteiger partial charge is 0.183 e. The van der Waals surface area contributed by atoms with E-state index >= 15 is 0 Å². The number of aliphatic hydroxyl groups excluding tert-OH is 1. The minimum absolute atomic E-state index is 0.0493. The van der Waals surface area contributed by atoms with Crippen LogP contribution in [-0.4, -0.2) is 10.1 Å². The van der Waals surface area contributed by atoms with Crippen LogP contribution in [0.4, 0.5) is 5.69 Å². The SMILES string of the molecule is OCc1cc(Cl)ccc1NCc1cnc(Cl)s1. The molecule has 2 aromatic rings. The monoisotopic (exact) mass is 288 g/mol. The molecule has 3 nitrogen and oxygen atoms in total. The van der Waals surface area contributed by atoms with E-state index in [1.165, 1.54) is 11.3 Å². The Labute approximate surface area is 113 Å². The average Bonchev–Trinajstić information content (AvgIpc) is 2.73. The number of nitrogens with one attached hydrogen (secondary N) is 1. The van der Waals surface area contributed by atoms with E-state index in [0.717, 1.165) is 16.1 Å². The molecule has 0 aliphatic carbocycles. The van der Waals surface area contributed by atoms with Gasteiger partial charge in [-0.1, -0.05) is 23.2 Å². The van der Waals surface area contributed by atoms with Gasteiger partial charge in [0.25, 0.3) is 0 Å². The highest BCUT2D eigenvalue weighted by atomic mass is 35.5. The molecule has 1 heterocycles. The highest BCUT2D eigenvalue weighted by molar-refractivity contribution is 7.15. The summed E-state index contributed by atoms with van der Waals surface area (Å²) >= 11 is 13.0. The van der Waals surface area contributed by atoms with Crippen LogP contribution < -0.4 is 5.32 Å². The number of aromatic nitrogens is 1. The Bertz CT molecular complexity index is 516. The maximum atomic E-state index is 9.21. The lowest BCUT2D eigenvalue weighted by Gasteiger charge is -2.09. The molecule has 2 rings (SSSR count). The number of hydrogen-bond acceptors (Lipinski definition) is 4. The first-order chi connectivity index (χ1) is 8.19. The van der Waals surface area contributed by atoms with Crippen molar-refractivity contribution in [1.82, 2.24) is 4.98 Å². The molecule has 2 N–H and O–H groups in total. The molecule has 17 heavy (non-hydrogen) atoms. The summed E-state index contributed by atoms with van der Waals surface area (Å²) in [5.41, 5.74) is 1.63. The van der Waals surface area contributed by atoms with Gasteiger partial charge in [0.15, 0.2) is 4.47 Å². The van der Waals surface area contributed by atoms with E-state index in [1.807, 2.05) is 6.07 Å². The van der Waals surface area contributed by atoms with E-state index in [2.05, 4.69) is 10.3 Å². The van der Waals surface area contributed by atoms with Crippen molar-refractivity contribution in [3.63, 3.8) is 0 Å². The predicted octanol–water partition coefficient (Wildman–Crippen LogP) is 3.55. The summed E-state index contributed by atoms with van der Waals surface area (Å²) < 4.78 is 0.528. The predicted molar refractivity (Wildman–Crippen MR) is 71.8 cm³/mol. The molecule has 90 valence electrons. The molecule has 1 aromatic carbocycles. The molecule has 0 saturated heterocycles. The lowest BCUT2D eigenvalue weighted by Crippen LogP contribution is -2.01. The minimum atomic E-state index is -0.0493. The molecule has 0 atom stereocenters. The third kappa shape index (κ3) is 3.33. The zero-order valence-electron chi connectivity index (χ0n) is 8.78. The molecule has 0 saturated carbocycles. The van der Waals surface area contributed by atoms with Crippen molar-refractivity contribution in [2.24, 2.45) is 0 Å². The maximum absolute atomic E-state index is 9.21. The van der Waals surface area contributed by atoms with Crippen molar-refractivity contribution < 1.29 is 5.11 Å². The van der Waals surface area contributed by atoms with Crippen molar-refractivity contribution in [3.05, 3.63) is 44.3 Å². The van der Waals surface area contributed by atoms with Crippen LogP contribution in [0.25, 0.3) is 0 Å². The Hall–Kier alpha value is -0.810. The van der Waals surface area contributed by atoms with Crippen LogP contribution in [0.1, 0.15) is 10.4 Å². The molecule has 0 amide bonds. The molecule has 0 radical (unpaired) electrons. The largest absolute Gasteiger partial charge is 0.392 e. The number of rotatable bonds is 4. The molecular weight excluding hydrogens is 279 g/mol. The number of benzene rings is 1. The Morgan fingerprint density at radius 3 is 2.82 bits per heavy atom. The number of thiazole rings is 1. The van der Waals surface area contributed by atoms with Gasteiger partial charge in [-0.15, -0.1) is 11.3 Å². The number of nitrogens with zero attached hydrogens (tertiary/aromatic N) is 1. The van der Waals surface area contributed by atoms with Crippen LogP contribution in [-0.2, 0) is 13.2 Å². The van der Waals surface area contributed by atoms with Gasteiger partial charge in [0.1, 0.15) is 0 Å². The van der Waals surface area contributed by atoms with Gasteiger partial charge >= 0.3 is 0 Å². The minimum Gasteiger partial charge on any atom is -0.392 e. The Balaban J connectivity index is 2.08. The van der Waals surface area contributed by atoms with E-state index < -0.39 is 0 Å². The summed E-state index contributed by atoms with van der Waals surface area (Å²) in [6.07, 6.45) is 1.73. The number of halogens is 2. The zero-order valence-corrected chi connectivity index (χ0v) is 11.1. The molecule has 1 aromatic heterocycles. The van der Waals surface area contributed by atoms with Gasteiger partial charge in [-0.3, -0.25) is 0 Å². The molecule has 0 aliphatic rings. The van der Waals surface area contributed by atoms with Gasteiger partial charge in [-0.2, -0.15) is 0 Å². The van der Waals surface area contributed by atoms with Crippen LogP contribution in [0.3, 0.4) is 0 Å². The van der Waals surface area contributed by atoms with E-state index in [9.17, 15) is 5.11 Å². The van der Waals surface area contributed by atoms with Crippen LogP contribution in [0.15, 0.2) is 24.4 Å². The van der Waals surface area contributed by atoms with Crippen molar-refractivity contribution in [3.8, 4) is 0 Å². The third-order valence-corrected chi connectivity index (χ3v) is 3.57. The summed E-state index contributed by atoms with van der Waals surface area (Å²) in [4.78, 5) is 5.00. The summed E-state index contributed by atoms with van der Waals surface area (Å²) in [6.45, 7) is 0.575. The van der Waals surface area contributed by atoms with Gasteiger partial charge in [0.2, 0.25) is 0 Å². The average molecular weight is 289 g/mol. The van der Waals surface area contributed by atoms with E-state index in [0.29, 0.717) is 16.0 Å². The second-order valence-corrected chi connectivity index (χ2v) is 5.53. The first kappa shape index (κ1) is 12.6. The second kappa shape index (κ2) is 5.69. The fourth-order valence-corrected chi connectivity index (χ4v) is 2.53. The number of aliphatic hydroxyl groups is 1. The first-order valence-electron chi connectivity index (χ1n) is 4.92. The fourth-order valence-electron chi connectivity index (χ4n) is 1.41. The van der Waals surface area contributed by atoms with Crippen LogP contribution >= 0.6 is 34.5 Å². The van der Waals surface area contributed by atoms with Crippen molar-refractivity contribution in [2.75, 3.05) is 5.32 Å². The molecule has 6 heteroatoms. The van der Waals surface area contributed by atoms with Gasteiger partial charge < -0.3 is 10.4 Å². The highest BCUT2D eigenvalue weighted by Gasteiger charge is 2.04. The van der Waals surface area contributed by atoms with E-state index in [4.69, 9.17) is 23.2 Å². The Morgan fingerprint density at radius 2 is 2.18 bits per heavy atom. The fraction of sp³-hybridized carbons (Fsp3) is 0.182. The van der Waals surface area contributed by atoms with Crippen molar-refractivity contribution in [1.29, 1.82) is 0 Å². The summed E-state index contributed by atoms with van der Waals surface area (Å²) in [5, 5.41) is 13.0. The third-order valence-electron chi connectivity index (χ3n) is 2.22. The normalized spacial score (nSPS) is 10.5. The van der Waals surface area contributed by atoms with Gasteiger partial charge in [0, 0.05) is 27.3 Å². The van der Waals surface area contributed by atoms with E-state index in [1.54, 1.807) is 18.3 Å². The first-order valence-corrected chi connectivity index (χ1v) is 6.49. The number of anilines is 1. The second-order valence-electron chi connectivity index (χ2n) is 3.39. The molecule has 0 spiro atoms. The van der Waals surface area contributed by atoms with Crippen LogP contribution in [0.5, 0.6) is 0 Å². The van der Waals surface area contributed by atoms with Gasteiger partial charge in [0.05, 0.1) is 13.2 Å². The quantitative estimate of drug-likeness (QED) is 0.904. The molecule has 0 fully saturated rings. The molecule has 0 bridgehead atoms. The van der Waals surface area contributed by atoms with Crippen LogP contribution in [0, 0.1) is 0 Å². The number of hydrogen-bond donors (Lipinski definition) is 2. The van der Waals surface area contributed by atoms with Gasteiger partial charge in [-0.25, -0.2) is 4.98 Å². The van der Waals surface area contributed by atoms with E-state index in [-0.39, 0.29) is 6.61 Å². The molecule has 0 unspecified atom stereocenters. The molecular formula is C11H10Cl2N2OS. The maximum Gasteiger partial charge on any atom is 0.183 e. The summed E-state index contributed by atoms with van der Waals surface area (Å²) in [6, 6.07) is 5.36. The zero-order chi connectivity index (χ0) is 12.3. The topological polar surface area (TPSA) is 45.1 Å².